The lowest BCUT2D eigenvalue weighted by atomic mass is 10.0. The van der Waals surface area contributed by atoms with E-state index in [0.717, 1.165) is 19.3 Å². The zero-order chi connectivity index (χ0) is 13.9. The summed E-state index contributed by atoms with van der Waals surface area (Å²) in [6.07, 6.45) is 5.93. The third-order valence-electron chi connectivity index (χ3n) is 3.18. The third kappa shape index (κ3) is 9.72. The molecule has 0 fully saturated rings. The Morgan fingerprint density at radius 3 is 1.50 bits per heavy atom. The van der Waals surface area contributed by atoms with E-state index in [2.05, 4.69) is 6.92 Å². The topological polar surface area (TPSA) is 0 Å². The first kappa shape index (κ1) is 17.7. The van der Waals surface area contributed by atoms with Crippen molar-refractivity contribution in [2.24, 2.45) is 0 Å². The lowest BCUT2D eigenvalue weighted by Gasteiger charge is -2.14. The first-order valence-corrected chi connectivity index (χ1v) is 7.16. The lowest BCUT2D eigenvalue weighted by Crippen LogP contribution is -2.25. The quantitative estimate of drug-likeness (QED) is 0.292. The highest BCUT2D eigenvalue weighted by molar-refractivity contribution is 4.68. The molecule has 4 heteroatoms. The van der Waals surface area contributed by atoms with Gasteiger partial charge in [-0.15, -0.1) is 0 Å². The first-order valence-electron chi connectivity index (χ1n) is 7.16. The van der Waals surface area contributed by atoms with E-state index < -0.39 is 18.8 Å². The maximum absolute atomic E-state index is 12.5. The molecule has 0 nitrogen and oxygen atoms in total. The van der Waals surface area contributed by atoms with Crippen molar-refractivity contribution in [3.8, 4) is 0 Å². The van der Waals surface area contributed by atoms with Crippen LogP contribution in [0.4, 0.5) is 17.6 Å². The van der Waals surface area contributed by atoms with Crippen LogP contribution in [-0.2, 0) is 0 Å². The van der Waals surface area contributed by atoms with Gasteiger partial charge in [-0.1, -0.05) is 64.7 Å². The minimum atomic E-state index is -3.79. The average Bonchev–Trinajstić information content (AvgIpc) is 2.31. The van der Waals surface area contributed by atoms with E-state index in [4.69, 9.17) is 0 Å². The molecule has 0 rings (SSSR count). The second-order valence-corrected chi connectivity index (χ2v) is 4.99. The molecule has 0 aromatic heterocycles. The van der Waals surface area contributed by atoms with Gasteiger partial charge in [-0.3, -0.25) is 0 Å². The molecule has 110 valence electrons. The Morgan fingerprint density at radius 2 is 1.11 bits per heavy atom. The molecule has 0 aliphatic heterocycles. The average molecular weight is 270 g/mol. The van der Waals surface area contributed by atoms with E-state index in [9.17, 15) is 17.6 Å². The second-order valence-electron chi connectivity index (χ2n) is 4.99. The smallest absolute Gasteiger partial charge is 0.204 e. The standard InChI is InChI=1S/C14H26F4/c1-2-3-4-5-6-7-8-9-10-11-12-14(17,18)13(15)16/h13H,2-12H2,1H3. The Balaban J connectivity index is 3.21. The summed E-state index contributed by atoms with van der Waals surface area (Å²) in [6, 6.07) is 0. The van der Waals surface area contributed by atoms with E-state index in [1.807, 2.05) is 0 Å². The van der Waals surface area contributed by atoms with Crippen LogP contribution in [0.15, 0.2) is 0 Å². The van der Waals surface area contributed by atoms with Crippen molar-refractivity contribution in [2.75, 3.05) is 0 Å². The van der Waals surface area contributed by atoms with Crippen molar-refractivity contribution in [3.63, 3.8) is 0 Å². The van der Waals surface area contributed by atoms with Crippen LogP contribution in [0.25, 0.3) is 0 Å². The van der Waals surface area contributed by atoms with Crippen LogP contribution < -0.4 is 0 Å². The molecule has 0 aromatic carbocycles. The zero-order valence-electron chi connectivity index (χ0n) is 11.4. The molecule has 0 aliphatic rings. The van der Waals surface area contributed by atoms with Gasteiger partial charge in [-0.2, -0.15) is 0 Å². The summed E-state index contributed by atoms with van der Waals surface area (Å²) in [5.41, 5.74) is 0. The number of hydrogen-bond donors (Lipinski definition) is 0. The van der Waals surface area contributed by atoms with Gasteiger partial charge in [0.05, 0.1) is 0 Å². The fourth-order valence-corrected chi connectivity index (χ4v) is 1.96. The van der Waals surface area contributed by atoms with Crippen LogP contribution in [0, 0.1) is 0 Å². The zero-order valence-corrected chi connectivity index (χ0v) is 11.4. The van der Waals surface area contributed by atoms with Gasteiger partial charge in [0.2, 0.25) is 0 Å². The SMILES string of the molecule is CCCCCCCCCCCCC(F)(F)C(F)F. The van der Waals surface area contributed by atoms with Crippen LogP contribution in [0.2, 0.25) is 0 Å². The van der Waals surface area contributed by atoms with Gasteiger partial charge in [0.15, 0.2) is 0 Å². The molecule has 0 saturated carbocycles. The largest absolute Gasteiger partial charge is 0.307 e. The Bertz CT molecular complexity index is 181. The number of alkyl halides is 4. The predicted molar refractivity (Wildman–Crippen MR) is 67.4 cm³/mol. The Kier molecular flexibility index (Phi) is 10.5. The molecule has 0 amide bonds. The van der Waals surface area contributed by atoms with Crippen molar-refractivity contribution in [3.05, 3.63) is 0 Å². The van der Waals surface area contributed by atoms with Crippen LogP contribution >= 0.6 is 0 Å². The molecule has 0 aromatic rings. The van der Waals surface area contributed by atoms with Crippen LogP contribution in [0.5, 0.6) is 0 Å². The first-order chi connectivity index (χ1) is 8.50. The predicted octanol–water partition coefficient (Wildman–Crippen LogP) is 6.20. The molecule has 0 heterocycles. The van der Waals surface area contributed by atoms with E-state index in [1.54, 1.807) is 0 Å². The fraction of sp³-hybridized carbons (Fsp3) is 1.00. The normalized spacial score (nSPS) is 12.3. The van der Waals surface area contributed by atoms with Gasteiger partial charge in [-0.05, 0) is 6.42 Å². The van der Waals surface area contributed by atoms with Gasteiger partial charge >= 0.3 is 12.3 Å². The number of hydrogen-bond acceptors (Lipinski definition) is 0. The number of halogens is 4. The van der Waals surface area contributed by atoms with Crippen molar-refractivity contribution in [1.82, 2.24) is 0 Å². The highest BCUT2D eigenvalue weighted by atomic mass is 19.3. The Labute approximate surface area is 108 Å². The van der Waals surface area contributed by atoms with Crippen molar-refractivity contribution < 1.29 is 17.6 Å². The minimum Gasteiger partial charge on any atom is -0.204 e. The summed E-state index contributed by atoms with van der Waals surface area (Å²) in [4.78, 5) is 0. The van der Waals surface area contributed by atoms with Gasteiger partial charge in [0, 0.05) is 6.42 Å². The molecular formula is C14H26F4. The summed E-state index contributed by atoms with van der Waals surface area (Å²) in [5, 5.41) is 0. The lowest BCUT2D eigenvalue weighted by molar-refractivity contribution is -0.133. The molecule has 18 heavy (non-hydrogen) atoms. The molecule has 0 bridgehead atoms. The Morgan fingerprint density at radius 1 is 0.722 bits per heavy atom. The van der Waals surface area contributed by atoms with Gasteiger partial charge < -0.3 is 0 Å². The van der Waals surface area contributed by atoms with Crippen molar-refractivity contribution in [1.29, 1.82) is 0 Å². The third-order valence-corrected chi connectivity index (χ3v) is 3.18. The van der Waals surface area contributed by atoms with Crippen molar-refractivity contribution in [2.45, 2.75) is 89.9 Å². The highest BCUT2D eigenvalue weighted by Crippen LogP contribution is 2.28. The molecule has 0 radical (unpaired) electrons. The summed E-state index contributed by atoms with van der Waals surface area (Å²) in [7, 11) is 0. The second kappa shape index (κ2) is 10.6. The molecule has 0 saturated heterocycles. The van der Waals surface area contributed by atoms with E-state index in [0.29, 0.717) is 6.42 Å². The van der Waals surface area contributed by atoms with Crippen LogP contribution in [0.3, 0.4) is 0 Å². The summed E-state index contributed by atoms with van der Waals surface area (Å²) in [5.74, 6) is -3.79. The summed E-state index contributed by atoms with van der Waals surface area (Å²) >= 11 is 0. The van der Waals surface area contributed by atoms with Gasteiger partial charge in [0.25, 0.3) is 0 Å². The fourth-order valence-electron chi connectivity index (χ4n) is 1.96. The molecule has 0 aliphatic carbocycles. The maximum atomic E-state index is 12.5. The van der Waals surface area contributed by atoms with Crippen LogP contribution in [-0.4, -0.2) is 12.3 Å². The van der Waals surface area contributed by atoms with E-state index >= 15 is 0 Å². The number of rotatable bonds is 12. The molecule has 0 unspecified atom stereocenters. The van der Waals surface area contributed by atoms with Gasteiger partial charge in [0.1, 0.15) is 0 Å². The molecule has 0 atom stereocenters. The van der Waals surface area contributed by atoms with E-state index in [1.165, 1.54) is 32.1 Å². The van der Waals surface area contributed by atoms with Crippen molar-refractivity contribution >= 4 is 0 Å². The molecular weight excluding hydrogens is 244 g/mol. The highest BCUT2D eigenvalue weighted by Gasteiger charge is 2.39. The van der Waals surface area contributed by atoms with E-state index in [-0.39, 0.29) is 6.42 Å². The number of unbranched alkanes of at least 4 members (excludes halogenated alkanes) is 9. The monoisotopic (exact) mass is 270 g/mol. The summed E-state index contributed by atoms with van der Waals surface area (Å²) < 4.78 is 48.8. The Hall–Kier alpha value is -0.280. The summed E-state index contributed by atoms with van der Waals surface area (Å²) in [6.45, 7) is 2.18. The maximum Gasteiger partial charge on any atom is 0.307 e. The molecule has 0 spiro atoms. The minimum absolute atomic E-state index is 0.202. The molecule has 0 N–H and O–H groups in total. The van der Waals surface area contributed by atoms with Gasteiger partial charge in [-0.25, -0.2) is 17.6 Å². The van der Waals surface area contributed by atoms with Crippen LogP contribution in [0.1, 0.15) is 77.6 Å².